The van der Waals surface area contributed by atoms with Crippen molar-refractivity contribution >= 4 is 28.0 Å². The highest BCUT2D eigenvalue weighted by Crippen LogP contribution is 2.27. The summed E-state index contributed by atoms with van der Waals surface area (Å²) < 4.78 is 0. The molecule has 2 aromatic carbocycles. The molecule has 0 aliphatic heterocycles. The van der Waals surface area contributed by atoms with Crippen LogP contribution in [0.3, 0.4) is 0 Å². The van der Waals surface area contributed by atoms with E-state index in [-0.39, 0.29) is 0 Å². The van der Waals surface area contributed by atoms with E-state index in [2.05, 4.69) is 10.3 Å². The number of pyridine rings is 1. The summed E-state index contributed by atoms with van der Waals surface area (Å²) in [4.78, 5) is 4.40. The molecule has 88 valence electrons. The largest absolute Gasteiger partial charge is 0.397 e. The summed E-state index contributed by atoms with van der Waals surface area (Å²) in [6, 6.07) is 17.7. The highest BCUT2D eigenvalue weighted by molar-refractivity contribution is 5.93. The predicted molar refractivity (Wildman–Crippen MR) is 75.9 cm³/mol. The molecule has 0 aliphatic rings. The van der Waals surface area contributed by atoms with Gasteiger partial charge >= 0.3 is 0 Å². The van der Waals surface area contributed by atoms with E-state index >= 15 is 0 Å². The summed E-state index contributed by atoms with van der Waals surface area (Å²) in [6.45, 7) is 0. The number of nitrogen functional groups attached to an aromatic ring is 1. The Kier molecular flexibility index (Phi) is 2.57. The van der Waals surface area contributed by atoms with Crippen molar-refractivity contribution in [2.75, 3.05) is 11.1 Å². The summed E-state index contributed by atoms with van der Waals surface area (Å²) >= 11 is 0. The Labute approximate surface area is 105 Å². The molecule has 18 heavy (non-hydrogen) atoms. The maximum Gasteiger partial charge on any atom is 0.0936 e. The highest BCUT2D eigenvalue weighted by Gasteiger charge is 2.03. The molecule has 0 atom stereocenters. The molecule has 1 heterocycles. The third-order valence-electron chi connectivity index (χ3n) is 2.86. The Hall–Kier alpha value is -2.55. The van der Waals surface area contributed by atoms with Crippen LogP contribution in [0.1, 0.15) is 0 Å². The molecular weight excluding hydrogens is 222 g/mol. The predicted octanol–water partition coefficient (Wildman–Crippen LogP) is 3.56. The molecule has 0 aliphatic carbocycles. The number of para-hydroxylation sites is 3. The Morgan fingerprint density at radius 3 is 2.50 bits per heavy atom. The van der Waals surface area contributed by atoms with Crippen LogP contribution in [0.25, 0.3) is 10.9 Å². The molecule has 0 saturated heterocycles. The molecule has 0 saturated carbocycles. The first-order valence-electron chi connectivity index (χ1n) is 5.80. The van der Waals surface area contributed by atoms with Gasteiger partial charge in [-0.3, -0.25) is 4.98 Å². The first kappa shape index (κ1) is 10.6. The van der Waals surface area contributed by atoms with Gasteiger partial charge in [-0.2, -0.15) is 0 Å². The number of anilines is 3. The maximum atomic E-state index is 5.93. The highest BCUT2D eigenvalue weighted by atomic mass is 14.9. The van der Waals surface area contributed by atoms with E-state index < -0.39 is 0 Å². The summed E-state index contributed by atoms with van der Waals surface area (Å²) in [6.07, 6.45) is 1.79. The number of aromatic nitrogens is 1. The number of nitrogens with one attached hydrogen (secondary N) is 1. The van der Waals surface area contributed by atoms with Gasteiger partial charge in [-0.15, -0.1) is 0 Å². The maximum absolute atomic E-state index is 5.93. The lowest BCUT2D eigenvalue weighted by molar-refractivity contribution is 1.40. The Bertz CT molecular complexity index is 687. The molecule has 3 rings (SSSR count). The van der Waals surface area contributed by atoms with Crippen LogP contribution in [-0.4, -0.2) is 4.98 Å². The SMILES string of the molecule is Nc1ccccc1Nc1cccc2cccnc12. The van der Waals surface area contributed by atoms with Gasteiger partial charge in [-0.25, -0.2) is 0 Å². The number of benzene rings is 2. The van der Waals surface area contributed by atoms with Gasteiger partial charge in [0.15, 0.2) is 0 Å². The minimum absolute atomic E-state index is 0.727. The van der Waals surface area contributed by atoms with E-state index in [1.54, 1.807) is 6.20 Å². The lowest BCUT2D eigenvalue weighted by atomic mass is 10.2. The van der Waals surface area contributed by atoms with Crippen LogP contribution in [0.5, 0.6) is 0 Å². The summed E-state index contributed by atoms with van der Waals surface area (Å²) in [5.74, 6) is 0. The lowest BCUT2D eigenvalue weighted by Crippen LogP contribution is -1.96. The normalized spacial score (nSPS) is 10.4. The Morgan fingerprint density at radius 2 is 1.61 bits per heavy atom. The van der Waals surface area contributed by atoms with Crippen LogP contribution in [0.15, 0.2) is 60.8 Å². The van der Waals surface area contributed by atoms with Gasteiger partial charge in [-0.05, 0) is 24.3 Å². The van der Waals surface area contributed by atoms with E-state index in [9.17, 15) is 0 Å². The number of rotatable bonds is 2. The standard InChI is InChI=1S/C15H13N3/c16-12-7-1-2-8-13(12)18-14-9-3-5-11-6-4-10-17-15(11)14/h1-10,18H,16H2. The zero-order valence-corrected chi connectivity index (χ0v) is 9.80. The van der Waals surface area contributed by atoms with Gasteiger partial charge in [0.05, 0.1) is 22.6 Å². The van der Waals surface area contributed by atoms with Gasteiger partial charge in [0.25, 0.3) is 0 Å². The average Bonchev–Trinajstić information content (AvgIpc) is 2.42. The third kappa shape index (κ3) is 1.86. The van der Waals surface area contributed by atoms with Gasteiger partial charge in [0, 0.05) is 11.6 Å². The zero-order valence-electron chi connectivity index (χ0n) is 9.80. The second-order valence-electron chi connectivity index (χ2n) is 4.09. The molecule has 3 aromatic rings. The van der Waals surface area contributed by atoms with Gasteiger partial charge in [0.2, 0.25) is 0 Å². The van der Waals surface area contributed by atoms with E-state index in [1.807, 2.05) is 54.6 Å². The quantitative estimate of drug-likeness (QED) is 0.668. The van der Waals surface area contributed by atoms with Crippen LogP contribution < -0.4 is 11.1 Å². The number of fused-ring (bicyclic) bond motifs is 1. The van der Waals surface area contributed by atoms with Crippen LogP contribution in [0.4, 0.5) is 17.1 Å². The molecule has 0 amide bonds. The van der Waals surface area contributed by atoms with Gasteiger partial charge in [0.1, 0.15) is 0 Å². The van der Waals surface area contributed by atoms with Crippen LogP contribution in [0, 0.1) is 0 Å². The molecule has 0 fully saturated rings. The fraction of sp³-hybridized carbons (Fsp3) is 0. The first-order chi connectivity index (χ1) is 8.84. The number of nitrogens with two attached hydrogens (primary N) is 1. The number of nitrogens with zero attached hydrogens (tertiary/aromatic N) is 1. The zero-order chi connectivity index (χ0) is 12.4. The summed E-state index contributed by atoms with van der Waals surface area (Å²) in [7, 11) is 0. The molecule has 3 heteroatoms. The van der Waals surface area contributed by atoms with Crippen molar-refractivity contribution in [1.29, 1.82) is 0 Å². The molecule has 0 spiro atoms. The summed E-state index contributed by atoms with van der Waals surface area (Å²) in [5, 5.41) is 4.44. The van der Waals surface area contributed by atoms with Gasteiger partial charge in [-0.1, -0.05) is 30.3 Å². The van der Waals surface area contributed by atoms with Crippen molar-refractivity contribution in [3.8, 4) is 0 Å². The van der Waals surface area contributed by atoms with Crippen molar-refractivity contribution in [3.05, 3.63) is 60.8 Å². The third-order valence-corrected chi connectivity index (χ3v) is 2.86. The average molecular weight is 235 g/mol. The van der Waals surface area contributed by atoms with Crippen molar-refractivity contribution in [2.24, 2.45) is 0 Å². The fourth-order valence-electron chi connectivity index (χ4n) is 1.96. The lowest BCUT2D eigenvalue weighted by Gasteiger charge is -2.10. The monoisotopic (exact) mass is 235 g/mol. The van der Waals surface area contributed by atoms with Crippen molar-refractivity contribution in [1.82, 2.24) is 4.98 Å². The summed E-state index contributed by atoms with van der Waals surface area (Å²) in [5.41, 5.74) is 9.47. The molecule has 0 radical (unpaired) electrons. The van der Waals surface area contributed by atoms with Crippen LogP contribution in [-0.2, 0) is 0 Å². The second-order valence-corrected chi connectivity index (χ2v) is 4.09. The van der Waals surface area contributed by atoms with Crippen molar-refractivity contribution in [2.45, 2.75) is 0 Å². The topological polar surface area (TPSA) is 50.9 Å². The Morgan fingerprint density at radius 1 is 0.833 bits per heavy atom. The molecule has 3 N–H and O–H groups in total. The molecular formula is C15H13N3. The van der Waals surface area contributed by atoms with Crippen molar-refractivity contribution < 1.29 is 0 Å². The van der Waals surface area contributed by atoms with Crippen LogP contribution in [0.2, 0.25) is 0 Å². The molecule has 0 unspecified atom stereocenters. The minimum Gasteiger partial charge on any atom is -0.397 e. The van der Waals surface area contributed by atoms with Crippen molar-refractivity contribution in [3.63, 3.8) is 0 Å². The second kappa shape index (κ2) is 4.37. The molecule has 0 bridgehead atoms. The van der Waals surface area contributed by atoms with E-state index in [1.165, 1.54) is 0 Å². The smallest absolute Gasteiger partial charge is 0.0936 e. The van der Waals surface area contributed by atoms with Crippen LogP contribution >= 0.6 is 0 Å². The fourth-order valence-corrected chi connectivity index (χ4v) is 1.96. The number of hydrogen-bond donors (Lipinski definition) is 2. The van der Waals surface area contributed by atoms with E-state index in [4.69, 9.17) is 5.73 Å². The van der Waals surface area contributed by atoms with E-state index in [0.29, 0.717) is 0 Å². The molecule has 1 aromatic heterocycles. The number of hydrogen-bond acceptors (Lipinski definition) is 3. The van der Waals surface area contributed by atoms with Gasteiger partial charge < -0.3 is 11.1 Å². The molecule has 3 nitrogen and oxygen atoms in total. The Balaban J connectivity index is 2.08. The minimum atomic E-state index is 0.727. The first-order valence-corrected chi connectivity index (χ1v) is 5.80. The van der Waals surface area contributed by atoms with E-state index in [0.717, 1.165) is 28.0 Å².